The molecule has 5 rings (SSSR count). The molecule has 0 bridgehead atoms. The van der Waals surface area contributed by atoms with E-state index in [1.54, 1.807) is 53.0 Å². The van der Waals surface area contributed by atoms with Gasteiger partial charge in [0.05, 0.1) is 29.5 Å². The normalized spacial score (nSPS) is 18.2. The number of amides is 2. The van der Waals surface area contributed by atoms with Gasteiger partial charge in [-0.15, -0.1) is 0 Å². The van der Waals surface area contributed by atoms with Crippen molar-refractivity contribution >= 4 is 28.3 Å². The van der Waals surface area contributed by atoms with E-state index in [0.717, 1.165) is 5.56 Å². The molecule has 1 fully saturated rings. The Bertz CT molecular complexity index is 1400. The summed E-state index contributed by atoms with van der Waals surface area (Å²) in [5.74, 6) is 0.778. The highest BCUT2D eigenvalue weighted by atomic mass is 16.5. The van der Waals surface area contributed by atoms with Crippen LogP contribution >= 0.6 is 0 Å². The zero-order chi connectivity index (χ0) is 22.7. The second-order valence-corrected chi connectivity index (χ2v) is 8.08. The number of aliphatic hydroxyl groups is 1. The Morgan fingerprint density at radius 2 is 2.06 bits per heavy atom. The average molecular weight is 434 g/mol. The first-order valence-corrected chi connectivity index (χ1v) is 10.2. The van der Waals surface area contributed by atoms with Crippen LogP contribution in [0.5, 0.6) is 11.5 Å². The van der Waals surface area contributed by atoms with Crippen LogP contribution in [0.1, 0.15) is 39.0 Å². The Balaban J connectivity index is 1.52. The van der Waals surface area contributed by atoms with E-state index in [1.165, 1.54) is 0 Å². The maximum Gasteiger partial charge on any atom is 0.256 e. The van der Waals surface area contributed by atoms with Gasteiger partial charge in [-0.3, -0.25) is 9.59 Å². The number of aliphatic hydroxyl groups excluding tert-OH is 1. The number of carbonyl (C=O) groups excluding carboxylic acids is 2. The number of β-amino-alcohol motifs (C(OH)–C–C–N with tert-alkyl or cyclic N) is 1. The number of rotatable bonds is 4. The summed E-state index contributed by atoms with van der Waals surface area (Å²) >= 11 is 0. The molecule has 1 saturated heterocycles. The number of aryl methyl sites for hydroxylation is 2. The van der Waals surface area contributed by atoms with Gasteiger partial charge in [0.15, 0.2) is 5.75 Å². The predicted molar refractivity (Wildman–Crippen MR) is 116 cm³/mol. The van der Waals surface area contributed by atoms with E-state index in [9.17, 15) is 14.7 Å². The van der Waals surface area contributed by atoms with Crippen molar-refractivity contribution in [1.82, 2.24) is 14.5 Å². The van der Waals surface area contributed by atoms with Crippen molar-refractivity contribution in [3.63, 3.8) is 0 Å². The van der Waals surface area contributed by atoms with Crippen LogP contribution in [-0.2, 0) is 0 Å². The molecule has 0 saturated carbocycles. The largest absolute Gasteiger partial charge is 0.460 e. The second-order valence-electron chi connectivity index (χ2n) is 8.08. The zero-order valence-corrected chi connectivity index (χ0v) is 17.8. The zero-order valence-electron chi connectivity index (χ0n) is 17.8. The number of benzene rings is 1. The third-order valence-corrected chi connectivity index (χ3v) is 6.13. The number of aromatic nitrogens is 2. The quantitative estimate of drug-likeness (QED) is 0.509. The minimum Gasteiger partial charge on any atom is -0.460 e. The molecule has 4 heterocycles. The van der Waals surface area contributed by atoms with E-state index in [1.807, 2.05) is 13.8 Å². The molecule has 1 aliphatic rings. The summed E-state index contributed by atoms with van der Waals surface area (Å²) in [5.41, 5.74) is 8.22. The van der Waals surface area contributed by atoms with Crippen molar-refractivity contribution in [2.24, 2.45) is 5.73 Å². The molecule has 2 atom stereocenters. The van der Waals surface area contributed by atoms with Gasteiger partial charge in [-0.25, -0.2) is 4.52 Å². The summed E-state index contributed by atoms with van der Waals surface area (Å²) in [6.45, 7) is 5.67. The van der Waals surface area contributed by atoms with E-state index in [4.69, 9.17) is 14.9 Å². The molecule has 164 valence electrons. The molecule has 0 spiro atoms. The van der Waals surface area contributed by atoms with Gasteiger partial charge < -0.3 is 24.9 Å². The molecule has 9 nitrogen and oxygen atoms in total. The molecule has 4 aromatic rings. The van der Waals surface area contributed by atoms with Crippen LogP contribution in [0.25, 0.3) is 16.5 Å². The van der Waals surface area contributed by atoms with E-state index in [0.29, 0.717) is 51.4 Å². The number of likely N-dealkylation sites (tertiary alicyclic amines) is 1. The van der Waals surface area contributed by atoms with Crippen LogP contribution in [0.4, 0.5) is 0 Å². The maximum atomic E-state index is 13.0. The SMILES string of the molecule is Cc1oc2cc(Oc3ccnn4cc(C(=O)N5C[C@@H](O)[C@@H]5C)c(C)c34)ccc2c1C(N)=O. The third kappa shape index (κ3) is 2.93. The van der Waals surface area contributed by atoms with Gasteiger partial charge in [-0.1, -0.05) is 0 Å². The Hall–Kier alpha value is -3.85. The maximum absolute atomic E-state index is 13.0. The Kier molecular flexibility index (Phi) is 4.45. The standard InChI is InChI=1S/C23H22N4O5/c1-11-16(23(30)26-10-17(28)12(26)2)9-27-21(11)18(6-7-25-27)32-14-4-5-15-19(8-14)31-13(3)20(15)22(24)29/h4-9,12,17,28H,10H2,1-3H3,(H2,24,29)/t12-,17+/m0/s1. The van der Waals surface area contributed by atoms with Crippen LogP contribution in [-0.4, -0.2) is 50.1 Å². The fourth-order valence-corrected chi connectivity index (χ4v) is 4.23. The van der Waals surface area contributed by atoms with E-state index < -0.39 is 12.0 Å². The molecule has 9 heteroatoms. The van der Waals surface area contributed by atoms with Crippen LogP contribution in [0.2, 0.25) is 0 Å². The van der Waals surface area contributed by atoms with E-state index >= 15 is 0 Å². The van der Waals surface area contributed by atoms with Crippen LogP contribution in [0, 0.1) is 13.8 Å². The topological polar surface area (TPSA) is 123 Å². The van der Waals surface area contributed by atoms with Gasteiger partial charge >= 0.3 is 0 Å². The first kappa shape index (κ1) is 20.1. The van der Waals surface area contributed by atoms with Crippen LogP contribution in [0.15, 0.2) is 41.1 Å². The van der Waals surface area contributed by atoms with E-state index in [-0.39, 0.29) is 11.9 Å². The number of nitrogens with zero attached hydrogens (tertiary/aromatic N) is 3. The molecule has 0 aliphatic carbocycles. The number of carbonyl (C=O) groups is 2. The Morgan fingerprint density at radius 1 is 1.28 bits per heavy atom. The first-order chi connectivity index (χ1) is 15.3. The highest BCUT2D eigenvalue weighted by Gasteiger charge is 2.38. The number of furan rings is 1. The van der Waals surface area contributed by atoms with Crippen molar-refractivity contribution in [1.29, 1.82) is 0 Å². The molecule has 2 amide bonds. The lowest BCUT2D eigenvalue weighted by Gasteiger charge is -2.43. The van der Waals surface area contributed by atoms with E-state index in [2.05, 4.69) is 5.10 Å². The molecule has 3 N–H and O–H groups in total. The highest BCUT2D eigenvalue weighted by Crippen LogP contribution is 2.34. The predicted octanol–water partition coefficient (Wildman–Crippen LogP) is 2.79. The van der Waals surface area contributed by atoms with Gasteiger partial charge in [0.25, 0.3) is 11.8 Å². The van der Waals surface area contributed by atoms with Gasteiger partial charge in [0, 0.05) is 30.3 Å². The minimum absolute atomic E-state index is 0.150. The molecular formula is C23H22N4O5. The summed E-state index contributed by atoms with van der Waals surface area (Å²) in [7, 11) is 0. The van der Waals surface area contributed by atoms with Crippen LogP contribution in [0.3, 0.4) is 0 Å². The lowest BCUT2D eigenvalue weighted by Crippen LogP contribution is -2.60. The molecule has 32 heavy (non-hydrogen) atoms. The molecule has 1 aliphatic heterocycles. The van der Waals surface area contributed by atoms with Gasteiger partial charge in [-0.05, 0) is 38.5 Å². The van der Waals surface area contributed by atoms with Crippen molar-refractivity contribution in [3.8, 4) is 11.5 Å². The number of fused-ring (bicyclic) bond motifs is 2. The lowest BCUT2D eigenvalue weighted by molar-refractivity contribution is -0.0357. The monoisotopic (exact) mass is 434 g/mol. The van der Waals surface area contributed by atoms with Crippen molar-refractivity contribution < 1.29 is 23.8 Å². The summed E-state index contributed by atoms with van der Waals surface area (Å²) in [6.07, 6.45) is 2.77. The van der Waals surface area contributed by atoms with Crippen LogP contribution < -0.4 is 10.5 Å². The van der Waals surface area contributed by atoms with Crippen molar-refractivity contribution in [3.05, 3.63) is 59.1 Å². The van der Waals surface area contributed by atoms with Crippen molar-refractivity contribution in [2.75, 3.05) is 6.54 Å². The van der Waals surface area contributed by atoms with Crippen molar-refractivity contribution in [2.45, 2.75) is 32.9 Å². The summed E-state index contributed by atoms with van der Waals surface area (Å²) in [5, 5.41) is 14.7. The first-order valence-electron chi connectivity index (χ1n) is 10.2. The molecule has 0 unspecified atom stereocenters. The number of hydrogen-bond acceptors (Lipinski definition) is 6. The second kappa shape index (κ2) is 7.10. The number of hydrogen-bond donors (Lipinski definition) is 2. The van der Waals surface area contributed by atoms with Gasteiger partial charge in [0.2, 0.25) is 0 Å². The molecule has 0 radical (unpaired) electrons. The smallest absolute Gasteiger partial charge is 0.256 e. The van der Waals surface area contributed by atoms with Gasteiger partial charge in [0.1, 0.15) is 22.6 Å². The molecule has 1 aromatic carbocycles. The number of nitrogens with two attached hydrogens (primary N) is 1. The summed E-state index contributed by atoms with van der Waals surface area (Å²) < 4.78 is 13.4. The fraction of sp³-hybridized carbons (Fsp3) is 0.261. The Morgan fingerprint density at radius 3 is 2.75 bits per heavy atom. The molecular weight excluding hydrogens is 412 g/mol. The lowest BCUT2D eigenvalue weighted by atomic mass is 9.99. The molecule has 3 aromatic heterocycles. The minimum atomic E-state index is -0.546. The summed E-state index contributed by atoms with van der Waals surface area (Å²) in [6, 6.07) is 6.66. The average Bonchev–Trinajstić information content (AvgIpc) is 3.27. The Labute approximate surface area is 183 Å². The third-order valence-electron chi connectivity index (χ3n) is 6.13. The number of ether oxygens (including phenoxy) is 1. The fourth-order valence-electron chi connectivity index (χ4n) is 4.23. The summed E-state index contributed by atoms with van der Waals surface area (Å²) in [4.78, 5) is 26.3. The number of primary amides is 1. The highest BCUT2D eigenvalue weighted by molar-refractivity contribution is 6.06. The van der Waals surface area contributed by atoms with Gasteiger partial charge in [-0.2, -0.15) is 5.10 Å².